The van der Waals surface area contributed by atoms with Crippen LogP contribution in [-0.4, -0.2) is 23.9 Å². The molecule has 162 valence electrons. The summed E-state index contributed by atoms with van der Waals surface area (Å²) in [7, 11) is 1.49. The first-order chi connectivity index (χ1) is 15.5. The zero-order valence-corrected chi connectivity index (χ0v) is 19.4. The Labute approximate surface area is 197 Å². The van der Waals surface area contributed by atoms with Crippen molar-refractivity contribution in [3.63, 3.8) is 0 Å². The topological polar surface area (TPSA) is 59.9 Å². The third-order valence-electron chi connectivity index (χ3n) is 5.55. The van der Waals surface area contributed by atoms with Crippen molar-refractivity contribution < 1.29 is 18.7 Å². The van der Waals surface area contributed by atoms with Gasteiger partial charge in [-0.25, -0.2) is 9.38 Å². The van der Waals surface area contributed by atoms with Crippen LogP contribution in [0.1, 0.15) is 27.9 Å². The minimum Gasteiger partial charge on any atom is -0.497 e. The Morgan fingerprint density at radius 1 is 1.19 bits per heavy atom. The Morgan fingerprint density at radius 2 is 2.00 bits per heavy atom. The number of ether oxygens (including phenoxy) is 2. The summed E-state index contributed by atoms with van der Waals surface area (Å²) in [6.07, 6.45) is 0.606. The molecule has 32 heavy (non-hydrogen) atoms. The van der Waals surface area contributed by atoms with Gasteiger partial charge >= 0.3 is 0 Å². The van der Waals surface area contributed by atoms with E-state index in [-0.39, 0.29) is 11.7 Å². The zero-order chi connectivity index (χ0) is 22.3. The maximum absolute atomic E-state index is 15.0. The molecule has 0 saturated carbocycles. The standard InChI is InChI=1S/C24H18BrFN2O3S/c1-30-16-12-18-21(19(26)13-16)31-20-8-7-15(25)11-17(20)24(18)9-10-32-23(28-24)27-22(29)14-5-3-2-4-6-14/h2-8,11-13H,9-10H2,1H3,(H,27,28,29). The zero-order valence-electron chi connectivity index (χ0n) is 17.0. The summed E-state index contributed by atoms with van der Waals surface area (Å²) < 4.78 is 27.2. The number of amidine groups is 1. The van der Waals surface area contributed by atoms with Gasteiger partial charge in [-0.3, -0.25) is 4.79 Å². The molecule has 1 amide bonds. The lowest BCUT2D eigenvalue weighted by molar-refractivity contribution is 0.0977. The van der Waals surface area contributed by atoms with E-state index < -0.39 is 11.4 Å². The number of hydrogen-bond acceptors (Lipinski definition) is 5. The molecule has 0 aromatic heterocycles. The Morgan fingerprint density at radius 3 is 2.78 bits per heavy atom. The Bertz CT molecular complexity index is 1250. The van der Waals surface area contributed by atoms with Gasteiger partial charge < -0.3 is 14.8 Å². The van der Waals surface area contributed by atoms with Crippen molar-refractivity contribution in [3.8, 4) is 17.2 Å². The molecule has 2 heterocycles. The maximum Gasteiger partial charge on any atom is 0.257 e. The second-order valence-corrected chi connectivity index (χ2v) is 9.42. The second-order valence-electron chi connectivity index (χ2n) is 7.42. The summed E-state index contributed by atoms with van der Waals surface area (Å²) in [5, 5.41) is 3.40. The number of halogens is 2. The highest BCUT2D eigenvalue weighted by Crippen LogP contribution is 2.54. The predicted octanol–water partition coefficient (Wildman–Crippen LogP) is 5.87. The number of carbonyl (C=O) groups excluding carboxylic acids is 1. The van der Waals surface area contributed by atoms with Crippen LogP contribution >= 0.6 is 27.7 Å². The quantitative estimate of drug-likeness (QED) is 0.466. The number of aliphatic imine (C=N–C) groups is 1. The smallest absolute Gasteiger partial charge is 0.257 e. The number of amides is 1. The van der Waals surface area contributed by atoms with Crippen LogP contribution in [0.25, 0.3) is 0 Å². The number of hydrogen-bond donors (Lipinski definition) is 1. The summed E-state index contributed by atoms with van der Waals surface area (Å²) in [6.45, 7) is 0. The lowest BCUT2D eigenvalue weighted by Crippen LogP contribution is -2.39. The van der Waals surface area contributed by atoms with Crippen LogP contribution in [0, 0.1) is 5.82 Å². The van der Waals surface area contributed by atoms with Gasteiger partial charge in [0.25, 0.3) is 5.91 Å². The number of carbonyl (C=O) groups is 1. The number of fused-ring (bicyclic) bond motifs is 4. The summed E-state index contributed by atoms with van der Waals surface area (Å²) in [6, 6.07) is 17.6. The highest BCUT2D eigenvalue weighted by molar-refractivity contribution is 9.10. The van der Waals surface area contributed by atoms with Gasteiger partial charge in [0.15, 0.2) is 16.7 Å². The minimum absolute atomic E-state index is 0.130. The lowest BCUT2D eigenvalue weighted by atomic mass is 9.78. The molecule has 1 N–H and O–H groups in total. The highest BCUT2D eigenvalue weighted by Gasteiger charge is 2.46. The average molecular weight is 513 g/mol. The van der Waals surface area contributed by atoms with Crippen molar-refractivity contribution >= 4 is 38.8 Å². The largest absolute Gasteiger partial charge is 0.497 e. The fourth-order valence-electron chi connectivity index (χ4n) is 4.04. The van der Waals surface area contributed by atoms with E-state index >= 15 is 4.39 Å². The molecule has 0 fully saturated rings. The number of rotatable bonds is 2. The van der Waals surface area contributed by atoms with E-state index in [1.54, 1.807) is 24.3 Å². The molecule has 1 atom stereocenters. The molecule has 2 aliphatic rings. The molecular formula is C24H18BrFN2O3S. The first-order valence-electron chi connectivity index (χ1n) is 9.95. The van der Waals surface area contributed by atoms with Crippen LogP contribution in [0.15, 0.2) is 70.1 Å². The Balaban J connectivity index is 1.67. The molecule has 1 unspecified atom stereocenters. The molecule has 0 aliphatic carbocycles. The predicted molar refractivity (Wildman–Crippen MR) is 126 cm³/mol. The first-order valence-corrected chi connectivity index (χ1v) is 11.7. The molecule has 5 nitrogen and oxygen atoms in total. The van der Waals surface area contributed by atoms with Crippen molar-refractivity contribution in [1.29, 1.82) is 0 Å². The second kappa shape index (κ2) is 8.26. The molecule has 0 bridgehead atoms. The lowest BCUT2D eigenvalue weighted by Gasteiger charge is -2.40. The SMILES string of the molecule is COc1cc(F)c2c(c1)C1(CCSC(NC(=O)c3ccccc3)=N1)c1cc(Br)ccc1O2. The van der Waals surface area contributed by atoms with Gasteiger partial charge in [-0.2, -0.15) is 0 Å². The fourth-order valence-corrected chi connectivity index (χ4v) is 5.37. The third kappa shape index (κ3) is 3.57. The van der Waals surface area contributed by atoms with E-state index in [1.165, 1.54) is 24.9 Å². The molecule has 5 rings (SSSR count). The number of nitrogens with one attached hydrogen (secondary N) is 1. The van der Waals surface area contributed by atoms with Crippen LogP contribution < -0.4 is 14.8 Å². The van der Waals surface area contributed by atoms with E-state index in [0.717, 1.165) is 10.0 Å². The van der Waals surface area contributed by atoms with Gasteiger partial charge in [-0.1, -0.05) is 45.9 Å². The van der Waals surface area contributed by atoms with E-state index in [9.17, 15) is 4.79 Å². The van der Waals surface area contributed by atoms with E-state index in [0.29, 0.717) is 40.0 Å². The number of methoxy groups -OCH3 is 1. The summed E-state index contributed by atoms with van der Waals surface area (Å²) >= 11 is 4.99. The fraction of sp³-hybridized carbons (Fsp3) is 0.167. The molecular weight excluding hydrogens is 495 g/mol. The van der Waals surface area contributed by atoms with E-state index in [4.69, 9.17) is 14.5 Å². The normalized spacial score (nSPS) is 18.8. The van der Waals surface area contributed by atoms with Crippen LogP contribution in [0.3, 0.4) is 0 Å². The molecule has 3 aromatic carbocycles. The number of benzene rings is 3. The van der Waals surface area contributed by atoms with Gasteiger partial charge in [0.1, 0.15) is 17.0 Å². The van der Waals surface area contributed by atoms with Crippen molar-refractivity contribution in [1.82, 2.24) is 5.32 Å². The van der Waals surface area contributed by atoms with Gasteiger partial charge in [-0.15, -0.1) is 0 Å². The number of nitrogens with zero attached hydrogens (tertiary/aromatic N) is 1. The summed E-state index contributed by atoms with van der Waals surface area (Å²) in [5.41, 5.74) is 0.997. The van der Waals surface area contributed by atoms with Gasteiger partial charge in [0.2, 0.25) is 0 Å². The summed E-state index contributed by atoms with van der Waals surface area (Å²) in [4.78, 5) is 17.8. The maximum atomic E-state index is 15.0. The van der Waals surface area contributed by atoms with Crippen LogP contribution in [-0.2, 0) is 5.54 Å². The Hall–Kier alpha value is -2.84. The van der Waals surface area contributed by atoms with E-state index in [2.05, 4.69) is 21.2 Å². The minimum atomic E-state index is -0.924. The highest BCUT2D eigenvalue weighted by atomic mass is 79.9. The van der Waals surface area contributed by atoms with Crippen molar-refractivity contribution in [2.24, 2.45) is 4.99 Å². The van der Waals surface area contributed by atoms with Crippen LogP contribution in [0.4, 0.5) is 4.39 Å². The van der Waals surface area contributed by atoms with E-state index in [1.807, 2.05) is 30.3 Å². The van der Waals surface area contributed by atoms with Crippen LogP contribution in [0.5, 0.6) is 17.2 Å². The number of thioether (sulfide) groups is 1. The van der Waals surface area contributed by atoms with Crippen molar-refractivity contribution in [2.75, 3.05) is 12.9 Å². The Kier molecular flexibility index (Phi) is 5.43. The average Bonchev–Trinajstić information content (AvgIpc) is 2.81. The van der Waals surface area contributed by atoms with Gasteiger partial charge in [0, 0.05) is 33.0 Å². The first kappa shape index (κ1) is 21.0. The van der Waals surface area contributed by atoms with Gasteiger partial charge in [0.05, 0.1) is 7.11 Å². The van der Waals surface area contributed by atoms with Crippen LogP contribution in [0.2, 0.25) is 0 Å². The van der Waals surface area contributed by atoms with Crippen molar-refractivity contribution in [3.05, 3.63) is 87.6 Å². The van der Waals surface area contributed by atoms with Gasteiger partial charge in [-0.05, 0) is 42.8 Å². The summed E-state index contributed by atoms with van der Waals surface area (Å²) in [5.74, 6) is 0.964. The molecule has 3 aromatic rings. The molecule has 0 radical (unpaired) electrons. The third-order valence-corrected chi connectivity index (χ3v) is 6.92. The molecule has 8 heteroatoms. The molecule has 2 aliphatic heterocycles. The monoisotopic (exact) mass is 512 g/mol. The van der Waals surface area contributed by atoms with Crippen molar-refractivity contribution in [2.45, 2.75) is 12.0 Å². The molecule has 1 spiro atoms. The molecule has 0 saturated heterocycles.